The summed E-state index contributed by atoms with van der Waals surface area (Å²) >= 11 is 9.32. The van der Waals surface area contributed by atoms with E-state index in [0.717, 1.165) is 21.2 Å². The van der Waals surface area contributed by atoms with Gasteiger partial charge in [-0.05, 0) is 75.2 Å². The summed E-state index contributed by atoms with van der Waals surface area (Å²) in [5.41, 5.74) is 2.48. The molecule has 0 fully saturated rings. The van der Waals surface area contributed by atoms with Gasteiger partial charge in [-0.2, -0.15) is 0 Å². The van der Waals surface area contributed by atoms with E-state index in [2.05, 4.69) is 26.6 Å². The number of carbonyl (C=O) groups excluding carboxylic acids is 2. The van der Waals surface area contributed by atoms with Gasteiger partial charge in [0.05, 0.1) is 11.6 Å². The van der Waals surface area contributed by atoms with Crippen molar-refractivity contribution >= 4 is 45.3 Å². The Morgan fingerprint density at radius 1 is 1.08 bits per heavy atom. The number of halogens is 3. The average molecular weight is 607 g/mol. The number of amides is 3. The van der Waals surface area contributed by atoms with Crippen molar-refractivity contribution in [3.05, 3.63) is 86.6 Å². The molecule has 202 valence electrons. The Bertz CT molecular complexity index is 1330. The quantitative estimate of drug-likeness (QED) is 0.285. The first-order valence-electron chi connectivity index (χ1n) is 11.8. The third kappa shape index (κ3) is 8.92. The molecule has 0 bridgehead atoms. The molecule has 0 atom stereocenters. The van der Waals surface area contributed by atoms with Crippen molar-refractivity contribution in [3.63, 3.8) is 0 Å². The molecule has 3 aromatic rings. The van der Waals surface area contributed by atoms with Gasteiger partial charge in [-0.25, -0.2) is 14.0 Å². The highest BCUT2D eigenvalue weighted by Gasteiger charge is 2.17. The lowest BCUT2D eigenvalue weighted by Crippen LogP contribution is -2.32. The molecule has 0 radical (unpaired) electrons. The lowest BCUT2D eigenvalue weighted by atomic mass is 10.1. The molecule has 7 nitrogen and oxygen atoms in total. The van der Waals surface area contributed by atoms with Crippen LogP contribution in [-0.2, 0) is 17.8 Å². The number of urea groups is 1. The second-order valence-electron chi connectivity index (χ2n) is 9.78. The van der Waals surface area contributed by atoms with Gasteiger partial charge in [0.15, 0.2) is 0 Å². The predicted octanol–water partition coefficient (Wildman–Crippen LogP) is 8.03. The van der Waals surface area contributed by atoms with Gasteiger partial charge in [0.25, 0.3) is 0 Å². The molecular formula is C28H30BrClFN3O4. The van der Waals surface area contributed by atoms with Gasteiger partial charge in [-0.3, -0.25) is 0 Å². The molecule has 0 saturated heterocycles. The van der Waals surface area contributed by atoms with Crippen molar-refractivity contribution in [2.24, 2.45) is 0 Å². The van der Waals surface area contributed by atoms with E-state index in [9.17, 15) is 14.0 Å². The largest absolute Gasteiger partial charge is 0.457 e. The maximum Gasteiger partial charge on any atom is 0.407 e. The SMILES string of the molecule is Cc1cc(CNC(=O)OC(C)(C)C)cc(NC(=O)N(C)Cc2ccc(Br)cc2Oc2ccc(F)c(Cl)c2)c1. The Labute approximate surface area is 235 Å². The molecule has 10 heteroatoms. The molecule has 0 aliphatic rings. The highest BCUT2D eigenvalue weighted by Crippen LogP contribution is 2.31. The summed E-state index contributed by atoms with van der Waals surface area (Å²) in [6.45, 7) is 7.79. The van der Waals surface area contributed by atoms with Crippen molar-refractivity contribution < 1.29 is 23.5 Å². The Morgan fingerprint density at radius 3 is 2.50 bits per heavy atom. The number of alkyl carbamates (subject to hydrolysis) is 1. The summed E-state index contributed by atoms with van der Waals surface area (Å²) in [6.07, 6.45) is -0.514. The summed E-state index contributed by atoms with van der Waals surface area (Å²) in [5, 5.41) is 5.58. The van der Waals surface area contributed by atoms with Crippen LogP contribution in [0.15, 0.2) is 59.1 Å². The summed E-state index contributed by atoms with van der Waals surface area (Å²) in [5.74, 6) is 0.327. The third-order valence-corrected chi connectivity index (χ3v) is 5.91. The standard InChI is InChI=1S/C28H30BrClFN3O4/c1-17-10-18(15-32-27(36)38-28(2,3)4)12-21(11-17)33-26(35)34(5)16-19-6-7-20(29)13-25(19)37-22-8-9-24(31)23(30)14-22/h6-14H,15-16H2,1-5H3,(H,32,36)(H,33,35). The minimum absolute atomic E-state index is 0.0469. The van der Waals surface area contributed by atoms with Gasteiger partial charge in [0.2, 0.25) is 0 Å². The lowest BCUT2D eigenvalue weighted by molar-refractivity contribution is 0.0523. The molecule has 0 spiro atoms. The van der Waals surface area contributed by atoms with Gasteiger partial charge in [0, 0.05) is 35.4 Å². The smallest absolute Gasteiger partial charge is 0.407 e. The number of hydrogen-bond donors (Lipinski definition) is 2. The maximum absolute atomic E-state index is 13.5. The average Bonchev–Trinajstić information content (AvgIpc) is 2.80. The van der Waals surface area contributed by atoms with Crippen molar-refractivity contribution in [1.29, 1.82) is 0 Å². The predicted molar refractivity (Wildman–Crippen MR) is 150 cm³/mol. The maximum atomic E-state index is 13.5. The minimum Gasteiger partial charge on any atom is -0.457 e. The van der Waals surface area contributed by atoms with Gasteiger partial charge < -0.3 is 25.0 Å². The van der Waals surface area contributed by atoms with Crippen LogP contribution in [0.2, 0.25) is 5.02 Å². The molecule has 0 aliphatic carbocycles. The summed E-state index contributed by atoms with van der Waals surface area (Å²) in [6, 6.07) is 14.8. The molecular weight excluding hydrogens is 577 g/mol. The molecule has 2 N–H and O–H groups in total. The Morgan fingerprint density at radius 2 is 1.82 bits per heavy atom. The number of rotatable bonds is 7. The van der Waals surface area contributed by atoms with Crippen LogP contribution in [0.5, 0.6) is 11.5 Å². The molecule has 0 saturated carbocycles. The first kappa shape index (κ1) is 29.3. The van der Waals surface area contributed by atoms with E-state index in [1.54, 1.807) is 40.0 Å². The van der Waals surface area contributed by atoms with Gasteiger partial charge in [0.1, 0.15) is 22.9 Å². The van der Waals surface area contributed by atoms with Crippen LogP contribution >= 0.6 is 27.5 Å². The normalized spacial score (nSPS) is 11.1. The highest BCUT2D eigenvalue weighted by atomic mass is 79.9. The number of nitrogens with one attached hydrogen (secondary N) is 2. The number of anilines is 1. The van der Waals surface area contributed by atoms with Crippen LogP contribution in [0, 0.1) is 12.7 Å². The van der Waals surface area contributed by atoms with E-state index < -0.39 is 17.5 Å². The number of benzene rings is 3. The van der Waals surface area contributed by atoms with Crippen LogP contribution in [0.25, 0.3) is 0 Å². The summed E-state index contributed by atoms with van der Waals surface area (Å²) in [7, 11) is 1.66. The van der Waals surface area contributed by atoms with Gasteiger partial charge in [-0.15, -0.1) is 0 Å². The second-order valence-corrected chi connectivity index (χ2v) is 11.1. The minimum atomic E-state index is -0.591. The Kier molecular flexibility index (Phi) is 9.62. The highest BCUT2D eigenvalue weighted by molar-refractivity contribution is 9.10. The molecule has 0 heterocycles. The molecule has 0 aliphatic heterocycles. The van der Waals surface area contributed by atoms with Crippen LogP contribution < -0.4 is 15.4 Å². The topological polar surface area (TPSA) is 79.9 Å². The number of ether oxygens (including phenoxy) is 2. The van der Waals surface area contributed by atoms with Crippen molar-refractivity contribution in [2.45, 2.75) is 46.4 Å². The number of hydrogen-bond acceptors (Lipinski definition) is 4. The summed E-state index contributed by atoms with van der Waals surface area (Å²) < 4.78 is 25.5. The van der Waals surface area contributed by atoms with E-state index in [0.29, 0.717) is 17.2 Å². The monoisotopic (exact) mass is 605 g/mol. The Hall–Kier alpha value is -3.30. The molecule has 3 amide bonds. The fraction of sp³-hybridized carbons (Fsp3) is 0.286. The van der Waals surface area contributed by atoms with Crippen molar-refractivity contribution in [1.82, 2.24) is 10.2 Å². The third-order valence-electron chi connectivity index (χ3n) is 5.13. The number of aryl methyl sites for hydroxylation is 1. The van der Waals surface area contributed by atoms with E-state index in [-0.39, 0.29) is 24.1 Å². The van der Waals surface area contributed by atoms with Crippen molar-refractivity contribution in [2.75, 3.05) is 12.4 Å². The van der Waals surface area contributed by atoms with Crippen molar-refractivity contribution in [3.8, 4) is 11.5 Å². The van der Waals surface area contributed by atoms with Crippen LogP contribution in [0.4, 0.5) is 19.7 Å². The van der Waals surface area contributed by atoms with E-state index in [1.165, 1.54) is 23.1 Å². The first-order chi connectivity index (χ1) is 17.8. The molecule has 0 unspecified atom stereocenters. The van der Waals surface area contributed by atoms with Gasteiger partial charge >= 0.3 is 12.1 Å². The van der Waals surface area contributed by atoms with Crippen LogP contribution in [-0.4, -0.2) is 29.7 Å². The number of nitrogens with zero attached hydrogens (tertiary/aromatic N) is 1. The van der Waals surface area contributed by atoms with E-state index >= 15 is 0 Å². The molecule has 38 heavy (non-hydrogen) atoms. The number of carbonyl (C=O) groups is 2. The fourth-order valence-electron chi connectivity index (χ4n) is 3.49. The molecule has 3 rings (SSSR count). The summed E-state index contributed by atoms with van der Waals surface area (Å²) in [4.78, 5) is 26.5. The molecule has 0 aromatic heterocycles. The lowest BCUT2D eigenvalue weighted by Gasteiger charge is -2.21. The fourth-order valence-corrected chi connectivity index (χ4v) is 4.00. The van der Waals surface area contributed by atoms with Gasteiger partial charge in [-0.1, -0.05) is 39.7 Å². The first-order valence-corrected chi connectivity index (χ1v) is 13.0. The van der Waals surface area contributed by atoms with E-state index in [1.807, 2.05) is 31.2 Å². The van der Waals surface area contributed by atoms with Crippen LogP contribution in [0.3, 0.4) is 0 Å². The zero-order chi connectivity index (χ0) is 28.0. The zero-order valence-corrected chi connectivity index (χ0v) is 24.2. The van der Waals surface area contributed by atoms with Crippen LogP contribution in [0.1, 0.15) is 37.5 Å². The molecule has 3 aromatic carbocycles. The Balaban J connectivity index is 1.67. The zero-order valence-electron chi connectivity index (χ0n) is 21.8. The van der Waals surface area contributed by atoms with E-state index in [4.69, 9.17) is 21.1 Å². The second kappa shape index (κ2) is 12.5.